The summed E-state index contributed by atoms with van der Waals surface area (Å²) < 4.78 is 0. The van der Waals surface area contributed by atoms with Gasteiger partial charge in [-0.05, 0) is 37.6 Å². The fraction of sp³-hybridized carbons (Fsp3) is 0.917. The SMILES string of the molecule is CC(C)C(CCN)CCC(=O)NCCCO. The van der Waals surface area contributed by atoms with E-state index in [9.17, 15) is 4.79 Å². The number of carbonyl (C=O) groups is 1. The van der Waals surface area contributed by atoms with E-state index in [1.165, 1.54) is 0 Å². The molecule has 0 aliphatic rings. The summed E-state index contributed by atoms with van der Waals surface area (Å²) in [5.41, 5.74) is 5.54. The molecule has 1 unspecified atom stereocenters. The zero-order valence-corrected chi connectivity index (χ0v) is 10.5. The number of aliphatic hydroxyl groups is 1. The van der Waals surface area contributed by atoms with E-state index in [1.54, 1.807) is 0 Å². The number of rotatable bonds is 9. The van der Waals surface area contributed by atoms with Crippen LogP contribution in [0.3, 0.4) is 0 Å². The first-order valence-corrected chi connectivity index (χ1v) is 6.19. The van der Waals surface area contributed by atoms with Gasteiger partial charge in [-0.15, -0.1) is 0 Å². The largest absolute Gasteiger partial charge is 0.396 e. The number of carbonyl (C=O) groups excluding carboxylic acids is 1. The molecule has 0 aliphatic carbocycles. The van der Waals surface area contributed by atoms with Crippen LogP contribution >= 0.6 is 0 Å². The van der Waals surface area contributed by atoms with Crippen LogP contribution in [0.5, 0.6) is 0 Å². The molecule has 0 rings (SSSR count). The molecule has 0 spiro atoms. The molecule has 1 atom stereocenters. The minimum Gasteiger partial charge on any atom is -0.396 e. The summed E-state index contributed by atoms with van der Waals surface area (Å²) in [4.78, 5) is 11.4. The molecule has 0 bridgehead atoms. The van der Waals surface area contributed by atoms with Crippen molar-refractivity contribution in [1.82, 2.24) is 5.32 Å². The van der Waals surface area contributed by atoms with Crippen LogP contribution in [0.15, 0.2) is 0 Å². The number of hydrogen-bond donors (Lipinski definition) is 3. The van der Waals surface area contributed by atoms with Crippen molar-refractivity contribution in [2.45, 2.75) is 39.5 Å². The predicted octanol–water partition coefficient (Wildman–Crippen LogP) is 0.886. The Bertz CT molecular complexity index is 184. The molecule has 96 valence electrons. The quantitative estimate of drug-likeness (QED) is 0.515. The fourth-order valence-corrected chi connectivity index (χ4v) is 1.74. The molecule has 0 radical (unpaired) electrons. The van der Waals surface area contributed by atoms with Gasteiger partial charge < -0.3 is 16.2 Å². The van der Waals surface area contributed by atoms with Gasteiger partial charge in [0.2, 0.25) is 5.91 Å². The summed E-state index contributed by atoms with van der Waals surface area (Å²) >= 11 is 0. The van der Waals surface area contributed by atoms with Gasteiger partial charge in [0, 0.05) is 19.6 Å². The van der Waals surface area contributed by atoms with Crippen molar-refractivity contribution >= 4 is 5.91 Å². The van der Waals surface area contributed by atoms with Gasteiger partial charge in [-0.25, -0.2) is 0 Å². The molecular weight excluding hydrogens is 204 g/mol. The standard InChI is InChI=1S/C12H26N2O2/c1-10(2)11(6-7-13)4-5-12(16)14-8-3-9-15/h10-11,15H,3-9,13H2,1-2H3,(H,14,16). The Labute approximate surface area is 98.6 Å². The highest BCUT2D eigenvalue weighted by Crippen LogP contribution is 2.20. The Hall–Kier alpha value is -0.610. The van der Waals surface area contributed by atoms with E-state index in [4.69, 9.17) is 10.8 Å². The molecule has 0 aliphatic heterocycles. The summed E-state index contributed by atoms with van der Waals surface area (Å²) in [5.74, 6) is 1.19. The van der Waals surface area contributed by atoms with E-state index < -0.39 is 0 Å². The first-order chi connectivity index (χ1) is 7.61. The summed E-state index contributed by atoms with van der Waals surface area (Å²) in [7, 11) is 0. The van der Waals surface area contributed by atoms with E-state index in [1.807, 2.05) is 0 Å². The number of nitrogens with two attached hydrogens (primary N) is 1. The highest BCUT2D eigenvalue weighted by molar-refractivity contribution is 5.75. The van der Waals surface area contributed by atoms with Gasteiger partial charge in [-0.3, -0.25) is 4.79 Å². The highest BCUT2D eigenvalue weighted by Gasteiger charge is 2.13. The molecule has 0 fully saturated rings. The van der Waals surface area contributed by atoms with Gasteiger partial charge in [-0.2, -0.15) is 0 Å². The summed E-state index contributed by atoms with van der Waals surface area (Å²) in [6.07, 6.45) is 3.08. The third-order valence-electron chi connectivity index (χ3n) is 2.88. The van der Waals surface area contributed by atoms with Gasteiger partial charge in [0.1, 0.15) is 0 Å². The van der Waals surface area contributed by atoms with Gasteiger partial charge in [0.25, 0.3) is 0 Å². The maximum absolute atomic E-state index is 11.4. The van der Waals surface area contributed by atoms with Crippen molar-refractivity contribution in [1.29, 1.82) is 0 Å². The highest BCUT2D eigenvalue weighted by atomic mass is 16.3. The lowest BCUT2D eigenvalue weighted by Crippen LogP contribution is -2.26. The minimum absolute atomic E-state index is 0.0797. The Kier molecular flexibility index (Phi) is 9.24. The van der Waals surface area contributed by atoms with Crippen molar-refractivity contribution in [2.24, 2.45) is 17.6 Å². The lowest BCUT2D eigenvalue weighted by Gasteiger charge is -2.19. The van der Waals surface area contributed by atoms with Crippen molar-refractivity contribution in [3.8, 4) is 0 Å². The van der Waals surface area contributed by atoms with Gasteiger partial charge in [0.05, 0.1) is 0 Å². The maximum Gasteiger partial charge on any atom is 0.220 e. The average molecular weight is 230 g/mol. The first kappa shape index (κ1) is 15.4. The first-order valence-electron chi connectivity index (χ1n) is 6.19. The predicted molar refractivity (Wildman–Crippen MR) is 65.9 cm³/mol. The molecule has 0 heterocycles. The fourth-order valence-electron chi connectivity index (χ4n) is 1.74. The molecule has 0 saturated heterocycles. The number of amides is 1. The van der Waals surface area contributed by atoms with Crippen LogP contribution in [0.25, 0.3) is 0 Å². The second-order valence-electron chi connectivity index (χ2n) is 4.55. The monoisotopic (exact) mass is 230 g/mol. The van der Waals surface area contributed by atoms with Crippen LogP contribution in [-0.4, -0.2) is 30.7 Å². The summed E-state index contributed by atoms with van der Waals surface area (Å²) in [6.45, 7) is 5.73. The normalized spacial score (nSPS) is 12.8. The summed E-state index contributed by atoms with van der Waals surface area (Å²) in [6, 6.07) is 0. The molecule has 0 aromatic carbocycles. The lowest BCUT2D eigenvalue weighted by atomic mass is 9.88. The smallest absolute Gasteiger partial charge is 0.220 e. The molecule has 4 N–H and O–H groups in total. The second kappa shape index (κ2) is 9.60. The molecule has 4 heteroatoms. The lowest BCUT2D eigenvalue weighted by molar-refractivity contribution is -0.121. The van der Waals surface area contributed by atoms with Crippen LogP contribution < -0.4 is 11.1 Å². The van der Waals surface area contributed by atoms with Crippen molar-refractivity contribution in [2.75, 3.05) is 19.7 Å². The molecule has 16 heavy (non-hydrogen) atoms. The maximum atomic E-state index is 11.4. The molecule has 0 aromatic rings. The third kappa shape index (κ3) is 7.65. The van der Waals surface area contributed by atoms with Crippen LogP contribution in [-0.2, 0) is 4.79 Å². The van der Waals surface area contributed by atoms with E-state index in [0.29, 0.717) is 37.8 Å². The van der Waals surface area contributed by atoms with Crippen LogP contribution in [0.4, 0.5) is 0 Å². The molecule has 0 saturated carbocycles. The molecular formula is C12H26N2O2. The van der Waals surface area contributed by atoms with Crippen molar-refractivity contribution < 1.29 is 9.90 Å². The molecule has 0 aromatic heterocycles. The van der Waals surface area contributed by atoms with E-state index in [0.717, 1.165) is 12.8 Å². The van der Waals surface area contributed by atoms with Gasteiger partial charge in [0.15, 0.2) is 0 Å². The molecule has 4 nitrogen and oxygen atoms in total. The van der Waals surface area contributed by atoms with Gasteiger partial charge >= 0.3 is 0 Å². The summed E-state index contributed by atoms with van der Waals surface area (Å²) in [5, 5.41) is 11.4. The topological polar surface area (TPSA) is 75.4 Å². The minimum atomic E-state index is 0.0797. The average Bonchev–Trinajstić information content (AvgIpc) is 2.24. The Morgan fingerprint density at radius 1 is 1.38 bits per heavy atom. The van der Waals surface area contributed by atoms with Crippen LogP contribution in [0.2, 0.25) is 0 Å². The van der Waals surface area contributed by atoms with Crippen LogP contribution in [0, 0.1) is 11.8 Å². The van der Waals surface area contributed by atoms with E-state index in [-0.39, 0.29) is 12.5 Å². The number of nitrogens with one attached hydrogen (secondary N) is 1. The van der Waals surface area contributed by atoms with Crippen LogP contribution in [0.1, 0.15) is 39.5 Å². The third-order valence-corrected chi connectivity index (χ3v) is 2.88. The Morgan fingerprint density at radius 3 is 2.56 bits per heavy atom. The zero-order chi connectivity index (χ0) is 12.4. The Balaban J connectivity index is 3.69. The van der Waals surface area contributed by atoms with Crippen molar-refractivity contribution in [3.63, 3.8) is 0 Å². The second-order valence-corrected chi connectivity index (χ2v) is 4.55. The van der Waals surface area contributed by atoms with E-state index >= 15 is 0 Å². The number of aliphatic hydroxyl groups excluding tert-OH is 1. The van der Waals surface area contributed by atoms with E-state index in [2.05, 4.69) is 19.2 Å². The number of hydrogen-bond acceptors (Lipinski definition) is 3. The van der Waals surface area contributed by atoms with Crippen molar-refractivity contribution in [3.05, 3.63) is 0 Å². The van der Waals surface area contributed by atoms with Gasteiger partial charge in [-0.1, -0.05) is 13.8 Å². The zero-order valence-electron chi connectivity index (χ0n) is 10.5. The Morgan fingerprint density at radius 2 is 2.06 bits per heavy atom. The molecule has 1 amide bonds.